The van der Waals surface area contributed by atoms with E-state index in [1.54, 1.807) is 12.7 Å². The average Bonchev–Trinajstić information content (AvgIpc) is 2.53. The number of fused-ring (bicyclic) bond motifs is 5. The molecule has 2 unspecified atom stereocenters. The smallest absolute Gasteiger partial charge is 0.119 e. The summed E-state index contributed by atoms with van der Waals surface area (Å²) in [6.45, 7) is 3.11. The van der Waals surface area contributed by atoms with E-state index in [4.69, 9.17) is 9.47 Å². The summed E-state index contributed by atoms with van der Waals surface area (Å²) in [6, 6.07) is 6.68. The highest BCUT2D eigenvalue weighted by Gasteiger charge is 2.48. The molecule has 1 aliphatic heterocycles. The van der Waals surface area contributed by atoms with Crippen molar-refractivity contribution >= 4 is 0 Å². The molecule has 0 spiro atoms. The fourth-order valence-electron chi connectivity index (χ4n) is 4.86. The van der Waals surface area contributed by atoms with E-state index in [0.29, 0.717) is 11.8 Å². The third-order valence-corrected chi connectivity index (χ3v) is 5.98. The van der Waals surface area contributed by atoms with Crippen molar-refractivity contribution in [3.63, 3.8) is 0 Å². The van der Waals surface area contributed by atoms with Crippen LogP contribution in [0.3, 0.4) is 0 Å². The van der Waals surface area contributed by atoms with Gasteiger partial charge >= 0.3 is 0 Å². The Labute approximate surface area is 127 Å². The quantitative estimate of drug-likeness (QED) is 0.723. The largest absolute Gasteiger partial charge is 0.497 e. The van der Waals surface area contributed by atoms with E-state index in [1.165, 1.54) is 31.2 Å². The number of hydrogen-bond acceptors (Lipinski definition) is 2. The highest BCUT2D eigenvalue weighted by molar-refractivity contribution is 5.41. The summed E-state index contributed by atoms with van der Waals surface area (Å²) in [6.07, 6.45) is 9.54. The van der Waals surface area contributed by atoms with Crippen LogP contribution in [0.5, 0.6) is 5.75 Å². The molecule has 112 valence electrons. The fraction of sp³-hybridized carbons (Fsp3) is 0.579. The van der Waals surface area contributed by atoms with Gasteiger partial charge in [0, 0.05) is 5.92 Å². The van der Waals surface area contributed by atoms with Crippen molar-refractivity contribution < 1.29 is 9.47 Å². The molecular weight excluding hydrogens is 260 g/mol. The fourth-order valence-corrected chi connectivity index (χ4v) is 4.86. The van der Waals surface area contributed by atoms with Gasteiger partial charge in [-0.1, -0.05) is 18.2 Å². The minimum atomic E-state index is 0.0693. The molecule has 0 bridgehead atoms. The molecule has 1 fully saturated rings. The summed E-state index contributed by atoms with van der Waals surface area (Å²) in [5.74, 6) is 3.01. The molecule has 0 N–H and O–H groups in total. The molecule has 1 aromatic rings. The Morgan fingerprint density at radius 2 is 2.19 bits per heavy atom. The number of hydrogen-bond donors (Lipinski definition) is 0. The van der Waals surface area contributed by atoms with Crippen LogP contribution in [-0.4, -0.2) is 19.3 Å². The molecule has 0 radical (unpaired) electrons. The van der Waals surface area contributed by atoms with Gasteiger partial charge in [0.2, 0.25) is 0 Å². The van der Waals surface area contributed by atoms with Gasteiger partial charge < -0.3 is 9.47 Å². The van der Waals surface area contributed by atoms with E-state index in [1.807, 2.05) is 0 Å². The molecular formula is C19H24O2. The normalized spacial score (nSPS) is 37.3. The maximum absolute atomic E-state index is 6.14. The van der Waals surface area contributed by atoms with Crippen LogP contribution in [0.2, 0.25) is 0 Å². The number of benzene rings is 1. The molecule has 1 saturated carbocycles. The second-order valence-electron chi connectivity index (χ2n) is 6.99. The van der Waals surface area contributed by atoms with Gasteiger partial charge in [0.05, 0.1) is 19.3 Å². The lowest BCUT2D eigenvalue weighted by atomic mass is 9.58. The van der Waals surface area contributed by atoms with Crippen LogP contribution in [0, 0.1) is 11.8 Å². The second kappa shape index (κ2) is 4.88. The molecule has 2 aliphatic carbocycles. The first-order chi connectivity index (χ1) is 10.2. The highest BCUT2D eigenvalue weighted by Crippen LogP contribution is 2.53. The van der Waals surface area contributed by atoms with E-state index in [-0.39, 0.29) is 5.60 Å². The first-order valence-electron chi connectivity index (χ1n) is 8.19. The molecule has 0 amide bonds. The maximum atomic E-state index is 6.14. The van der Waals surface area contributed by atoms with E-state index in [2.05, 4.69) is 37.3 Å². The molecule has 21 heavy (non-hydrogen) atoms. The van der Waals surface area contributed by atoms with Gasteiger partial charge in [0.25, 0.3) is 0 Å². The summed E-state index contributed by atoms with van der Waals surface area (Å²) >= 11 is 0. The zero-order valence-corrected chi connectivity index (χ0v) is 13.0. The minimum Gasteiger partial charge on any atom is -0.497 e. The van der Waals surface area contributed by atoms with Crippen molar-refractivity contribution in [2.24, 2.45) is 11.8 Å². The Morgan fingerprint density at radius 3 is 3.05 bits per heavy atom. The zero-order valence-electron chi connectivity index (χ0n) is 13.0. The van der Waals surface area contributed by atoms with Gasteiger partial charge in [-0.15, -0.1) is 0 Å². The summed E-state index contributed by atoms with van der Waals surface area (Å²) in [7, 11) is 1.75. The van der Waals surface area contributed by atoms with Crippen LogP contribution in [-0.2, 0) is 11.2 Å². The van der Waals surface area contributed by atoms with Crippen molar-refractivity contribution in [2.75, 3.05) is 13.7 Å². The van der Waals surface area contributed by atoms with Crippen molar-refractivity contribution in [2.45, 2.75) is 44.1 Å². The standard InChI is InChI=1S/C19H24O2/c1-19-10-9-16-15-8-6-14(20-2)12-13(15)5-7-17(16)18(19)4-3-11-21-19/h3-4,6,8,12,16-18H,5,7,9-11H2,1-2H3/t16?,17?,18-,19-/m0/s1. The Hall–Kier alpha value is -1.28. The van der Waals surface area contributed by atoms with Gasteiger partial charge in [0.15, 0.2) is 0 Å². The molecule has 0 aromatic heterocycles. The van der Waals surface area contributed by atoms with E-state index in [9.17, 15) is 0 Å². The number of rotatable bonds is 1. The van der Waals surface area contributed by atoms with Crippen molar-refractivity contribution in [1.29, 1.82) is 0 Å². The third-order valence-electron chi connectivity index (χ3n) is 5.98. The number of ether oxygens (including phenoxy) is 2. The van der Waals surface area contributed by atoms with E-state index in [0.717, 1.165) is 18.3 Å². The second-order valence-corrected chi connectivity index (χ2v) is 6.99. The molecule has 4 atom stereocenters. The minimum absolute atomic E-state index is 0.0693. The summed E-state index contributed by atoms with van der Waals surface area (Å²) < 4.78 is 11.5. The Morgan fingerprint density at radius 1 is 1.29 bits per heavy atom. The molecule has 1 heterocycles. The molecule has 2 nitrogen and oxygen atoms in total. The van der Waals surface area contributed by atoms with Crippen LogP contribution in [0.15, 0.2) is 30.4 Å². The third kappa shape index (κ3) is 2.03. The molecule has 4 rings (SSSR count). The predicted octanol–water partition coefficient (Wildman–Crippen LogP) is 4.10. The van der Waals surface area contributed by atoms with E-state index >= 15 is 0 Å². The monoisotopic (exact) mass is 284 g/mol. The van der Waals surface area contributed by atoms with Gasteiger partial charge in [-0.3, -0.25) is 0 Å². The number of aryl methyl sites for hydroxylation is 1. The van der Waals surface area contributed by atoms with Crippen LogP contribution < -0.4 is 4.74 Å². The lowest BCUT2D eigenvalue weighted by molar-refractivity contribution is -0.105. The zero-order chi connectivity index (χ0) is 14.4. The van der Waals surface area contributed by atoms with Gasteiger partial charge in [-0.25, -0.2) is 0 Å². The summed E-state index contributed by atoms with van der Waals surface area (Å²) in [4.78, 5) is 0. The first kappa shape index (κ1) is 13.4. The van der Waals surface area contributed by atoms with Crippen LogP contribution in [0.25, 0.3) is 0 Å². The number of methoxy groups -OCH3 is 1. The average molecular weight is 284 g/mol. The highest BCUT2D eigenvalue weighted by atomic mass is 16.5. The van der Waals surface area contributed by atoms with Crippen LogP contribution in [0.1, 0.15) is 43.2 Å². The Kier molecular flexibility index (Phi) is 3.11. The van der Waals surface area contributed by atoms with Crippen molar-refractivity contribution in [1.82, 2.24) is 0 Å². The lowest BCUT2D eigenvalue weighted by Gasteiger charge is -2.51. The lowest BCUT2D eigenvalue weighted by Crippen LogP contribution is -2.49. The van der Waals surface area contributed by atoms with Gasteiger partial charge in [-0.05, 0) is 67.7 Å². The molecule has 0 saturated heterocycles. The first-order valence-corrected chi connectivity index (χ1v) is 8.19. The SMILES string of the molecule is COc1ccc2c(c1)CCC1C2CC[C@]2(C)OCC=C[C@@H]12. The van der Waals surface area contributed by atoms with Crippen molar-refractivity contribution in [3.05, 3.63) is 41.5 Å². The van der Waals surface area contributed by atoms with Gasteiger partial charge in [0.1, 0.15) is 5.75 Å². The Bertz CT molecular complexity index is 577. The summed E-state index contributed by atoms with van der Waals surface area (Å²) in [5, 5.41) is 0. The van der Waals surface area contributed by atoms with Crippen LogP contribution >= 0.6 is 0 Å². The molecule has 1 aromatic carbocycles. The Balaban J connectivity index is 1.70. The predicted molar refractivity (Wildman–Crippen MR) is 83.8 cm³/mol. The topological polar surface area (TPSA) is 18.5 Å². The molecule has 2 heteroatoms. The summed E-state index contributed by atoms with van der Waals surface area (Å²) in [5.41, 5.74) is 3.13. The van der Waals surface area contributed by atoms with E-state index < -0.39 is 0 Å². The van der Waals surface area contributed by atoms with Crippen LogP contribution in [0.4, 0.5) is 0 Å². The van der Waals surface area contributed by atoms with Crippen molar-refractivity contribution in [3.8, 4) is 5.75 Å². The van der Waals surface area contributed by atoms with Gasteiger partial charge in [-0.2, -0.15) is 0 Å². The maximum Gasteiger partial charge on any atom is 0.119 e. The molecule has 3 aliphatic rings.